The topological polar surface area (TPSA) is 56.8 Å². The van der Waals surface area contributed by atoms with E-state index in [0.29, 0.717) is 30.9 Å². The number of carbonyl (C=O) groups is 1. The largest absolute Gasteiger partial charge is 0.494 e. The van der Waals surface area contributed by atoms with Crippen LogP contribution in [0.2, 0.25) is 0 Å². The van der Waals surface area contributed by atoms with Gasteiger partial charge in [0.25, 0.3) is 0 Å². The van der Waals surface area contributed by atoms with Crippen LogP contribution in [-0.2, 0) is 4.79 Å². The number of benzene rings is 2. The van der Waals surface area contributed by atoms with Crippen LogP contribution in [0.3, 0.4) is 0 Å². The molecule has 0 aromatic heterocycles. The van der Waals surface area contributed by atoms with Crippen molar-refractivity contribution in [3.8, 4) is 17.2 Å². The maximum absolute atomic E-state index is 12.1. The van der Waals surface area contributed by atoms with Crippen molar-refractivity contribution in [2.24, 2.45) is 0 Å². The number of hydrogen-bond donors (Lipinski definition) is 1. The van der Waals surface area contributed by atoms with E-state index in [9.17, 15) is 4.79 Å². The van der Waals surface area contributed by atoms with Crippen LogP contribution in [0.5, 0.6) is 17.2 Å². The monoisotopic (exact) mass is 371 g/mol. The fourth-order valence-corrected chi connectivity index (χ4v) is 2.55. The van der Waals surface area contributed by atoms with Gasteiger partial charge in [-0.3, -0.25) is 4.79 Å². The first-order chi connectivity index (χ1) is 13.2. The van der Waals surface area contributed by atoms with Gasteiger partial charge in [-0.2, -0.15) is 0 Å². The highest BCUT2D eigenvalue weighted by atomic mass is 16.5. The third-order valence-electron chi connectivity index (χ3n) is 4.03. The summed E-state index contributed by atoms with van der Waals surface area (Å²) in [5, 5.41) is 2.89. The van der Waals surface area contributed by atoms with Crippen LogP contribution in [0, 0.1) is 0 Å². The zero-order chi connectivity index (χ0) is 19.3. The van der Waals surface area contributed by atoms with E-state index < -0.39 is 0 Å². The molecule has 146 valence electrons. The Hall–Kier alpha value is -2.69. The van der Waals surface area contributed by atoms with Crippen LogP contribution in [0.15, 0.2) is 48.5 Å². The Morgan fingerprint density at radius 3 is 2.30 bits per heavy atom. The number of rotatable bonds is 12. The number of methoxy groups -OCH3 is 1. The van der Waals surface area contributed by atoms with Gasteiger partial charge in [-0.15, -0.1) is 0 Å². The standard InChI is InChI=1S/C22H29NO4/c1-3-4-7-16-26-19-14-12-18(13-15-19)23-22(24)11-8-17-27-21-10-6-5-9-20(21)25-2/h5-6,9-10,12-15H,3-4,7-8,11,16-17H2,1-2H3,(H,23,24). The van der Waals surface area contributed by atoms with Crippen molar-refractivity contribution >= 4 is 11.6 Å². The highest BCUT2D eigenvalue weighted by molar-refractivity contribution is 5.90. The van der Waals surface area contributed by atoms with Crippen molar-refractivity contribution in [2.75, 3.05) is 25.6 Å². The summed E-state index contributed by atoms with van der Waals surface area (Å²) in [6, 6.07) is 15.0. The van der Waals surface area contributed by atoms with Crippen LogP contribution < -0.4 is 19.5 Å². The fraction of sp³-hybridized carbons (Fsp3) is 0.409. The molecule has 0 spiro atoms. The number of unbranched alkanes of at least 4 members (excludes halogenated alkanes) is 2. The van der Waals surface area contributed by atoms with Gasteiger partial charge < -0.3 is 19.5 Å². The molecular formula is C22H29NO4. The lowest BCUT2D eigenvalue weighted by Gasteiger charge is -2.10. The molecule has 0 aliphatic rings. The lowest BCUT2D eigenvalue weighted by atomic mass is 10.2. The first-order valence-corrected chi connectivity index (χ1v) is 9.51. The Labute approximate surface area is 161 Å². The Morgan fingerprint density at radius 2 is 1.59 bits per heavy atom. The van der Waals surface area contributed by atoms with Crippen LogP contribution in [0.4, 0.5) is 5.69 Å². The van der Waals surface area contributed by atoms with Gasteiger partial charge in [-0.25, -0.2) is 0 Å². The predicted molar refractivity (Wildman–Crippen MR) is 108 cm³/mol. The summed E-state index contributed by atoms with van der Waals surface area (Å²) in [5.41, 5.74) is 0.770. The normalized spacial score (nSPS) is 10.3. The Balaban J connectivity index is 1.66. The Bertz CT molecular complexity index is 685. The molecule has 5 heteroatoms. The number of hydrogen-bond acceptors (Lipinski definition) is 4. The molecule has 2 rings (SSSR count). The molecule has 0 unspecified atom stereocenters. The molecule has 0 saturated carbocycles. The SMILES string of the molecule is CCCCCOc1ccc(NC(=O)CCCOc2ccccc2OC)cc1. The maximum atomic E-state index is 12.1. The van der Waals surface area contributed by atoms with Crippen LogP contribution in [0.25, 0.3) is 0 Å². The fourth-order valence-electron chi connectivity index (χ4n) is 2.55. The summed E-state index contributed by atoms with van der Waals surface area (Å²) in [6.07, 6.45) is 4.44. The summed E-state index contributed by atoms with van der Waals surface area (Å²) in [4.78, 5) is 12.1. The minimum atomic E-state index is -0.0322. The van der Waals surface area contributed by atoms with Gasteiger partial charge in [0.2, 0.25) is 5.91 Å². The summed E-state index contributed by atoms with van der Waals surface area (Å²) in [6.45, 7) is 3.35. The maximum Gasteiger partial charge on any atom is 0.224 e. The zero-order valence-corrected chi connectivity index (χ0v) is 16.2. The Morgan fingerprint density at radius 1 is 0.889 bits per heavy atom. The molecule has 0 saturated heterocycles. The van der Waals surface area contributed by atoms with Crippen LogP contribution in [0.1, 0.15) is 39.0 Å². The van der Waals surface area contributed by atoms with E-state index in [-0.39, 0.29) is 5.91 Å². The van der Waals surface area contributed by atoms with Crippen molar-refractivity contribution in [3.63, 3.8) is 0 Å². The molecular weight excluding hydrogens is 342 g/mol. The van der Waals surface area contributed by atoms with Gasteiger partial charge in [0.1, 0.15) is 5.75 Å². The van der Waals surface area contributed by atoms with E-state index in [1.807, 2.05) is 48.5 Å². The predicted octanol–water partition coefficient (Wildman–Crippen LogP) is 5.06. The third-order valence-corrected chi connectivity index (χ3v) is 4.03. The average molecular weight is 371 g/mol. The second-order valence-corrected chi connectivity index (χ2v) is 6.23. The van der Waals surface area contributed by atoms with Crippen molar-refractivity contribution in [3.05, 3.63) is 48.5 Å². The van der Waals surface area contributed by atoms with Gasteiger partial charge in [0, 0.05) is 12.1 Å². The highest BCUT2D eigenvalue weighted by Crippen LogP contribution is 2.25. The van der Waals surface area contributed by atoms with Gasteiger partial charge in [-0.05, 0) is 49.2 Å². The minimum absolute atomic E-state index is 0.0322. The van der Waals surface area contributed by atoms with E-state index in [2.05, 4.69) is 12.2 Å². The van der Waals surface area contributed by atoms with E-state index in [1.165, 1.54) is 12.8 Å². The van der Waals surface area contributed by atoms with Crippen molar-refractivity contribution in [2.45, 2.75) is 39.0 Å². The quantitative estimate of drug-likeness (QED) is 0.530. The molecule has 0 radical (unpaired) electrons. The minimum Gasteiger partial charge on any atom is -0.494 e. The Kier molecular flexibility index (Phi) is 9.04. The number of amides is 1. The smallest absolute Gasteiger partial charge is 0.224 e. The summed E-state index contributed by atoms with van der Waals surface area (Å²) >= 11 is 0. The van der Waals surface area contributed by atoms with Gasteiger partial charge in [0.15, 0.2) is 11.5 Å². The second-order valence-electron chi connectivity index (χ2n) is 6.23. The van der Waals surface area contributed by atoms with Crippen LogP contribution >= 0.6 is 0 Å². The molecule has 0 bridgehead atoms. The van der Waals surface area contributed by atoms with E-state index in [1.54, 1.807) is 7.11 Å². The number of ether oxygens (including phenoxy) is 3. The van der Waals surface area contributed by atoms with Gasteiger partial charge in [0.05, 0.1) is 20.3 Å². The molecule has 2 aromatic carbocycles. The molecule has 0 aliphatic carbocycles. The molecule has 0 aliphatic heterocycles. The van der Waals surface area contributed by atoms with Crippen molar-refractivity contribution < 1.29 is 19.0 Å². The number of carbonyl (C=O) groups excluding carboxylic acids is 1. The number of nitrogens with one attached hydrogen (secondary N) is 1. The lowest BCUT2D eigenvalue weighted by molar-refractivity contribution is -0.116. The average Bonchev–Trinajstić information content (AvgIpc) is 2.70. The van der Waals surface area contributed by atoms with E-state index in [4.69, 9.17) is 14.2 Å². The molecule has 5 nitrogen and oxygen atoms in total. The summed E-state index contributed by atoms with van der Waals surface area (Å²) < 4.78 is 16.6. The van der Waals surface area contributed by atoms with Crippen LogP contribution in [-0.4, -0.2) is 26.2 Å². The molecule has 0 atom stereocenters. The summed E-state index contributed by atoms with van der Waals surface area (Å²) in [5.74, 6) is 2.18. The molecule has 1 amide bonds. The molecule has 27 heavy (non-hydrogen) atoms. The molecule has 0 fully saturated rings. The number of para-hydroxylation sites is 2. The highest BCUT2D eigenvalue weighted by Gasteiger charge is 2.05. The summed E-state index contributed by atoms with van der Waals surface area (Å²) in [7, 11) is 1.61. The first-order valence-electron chi connectivity index (χ1n) is 9.51. The van der Waals surface area contributed by atoms with Gasteiger partial charge >= 0.3 is 0 Å². The first kappa shape index (κ1) is 20.6. The molecule has 1 N–H and O–H groups in total. The molecule has 0 heterocycles. The third kappa shape index (κ3) is 7.60. The van der Waals surface area contributed by atoms with Crippen molar-refractivity contribution in [1.29, 1.82) is 0 Å². The van der Waals surface area contributed by atoms with E-state index in [0.717, 1.165) is 24.5 Å². The van der Waals surface area contributed by atoms with Crippen molar-refractivity contribution in [1.82, 2.24) is 0 Å². The number of anilines is 1. The van der Waals surface area contributed by atoms with Gasteiger partial charge in [-0.1, -0.05) is 31.9 Å². The van der Waals surface area contributed by atoms with E-state index >= 15 is 0 Å². The lowest BCUT2D eigenvalue weighted by Crippen LogP contribution is -2.12. The second kappa shape index (κ2) is 11.8. The zero-order valence-electron chi connectivity index (χ0n) is 16.2. The molecule has 2 aromatic rings.